The Balaban J connectivity index is 0.000000732. The van der Waals surface area contributed by atoms with Crippen LogP contribution in [-0.4, -0.2) is 212 Å². The van der Waals surface area contributed by atoms with Crippen molar-refractivity contribution in [1.29, 1.82) is 0 Å². The van der Waals surface area contributed by atoms with Gasteiger partial charge < -0.3 is 82.7 Å². The van der Waals surface area contributed by atoms with Crippen molar-refractivity contribution in [2.75, 3.05) is 144 Å². The number of thioether (sulfide) groups is 1. The molecule has 6 amide bonds. The molecule has 44 heteroatoms. The first-order valence-corrected chi connectivity index (χ1v) is 38.7. The summed E-state index contributed by atoms with van der Waals surface area (Å²) in [6.07, 6.45) is 13.8. The van der Waals surface area contributed by atoms with Crippen molar-refractivity contribution >= 4 is 105 Å². The Morgan fingerprint density at radius 3 is 0.984 bits per heavy atom. The van der Waals surface area contributed by atoms with E-state index in [-0.39, 0.29) is 25.7 Å². The van der Waals surface area contributed by atoms with Crippen molar-refractivity contribution in [3.05, 3.63) is 188 Å². The molecule has 0 aliphatic carbocycles. The number of hydrogen-bond donors (Lipinski definition) is 12. The summed E-state index contributed by atoms with van der Waals surface area (Å²) in [7, 11) is 1.52. The number of hydrogen-bond acceptors (Lipinski definition) is 23. The van der Waals surface area contributed by atoms with E-state index < -0.39 is 70.2 Å². The van der Waals surface area contributed by atoms with Crippen LogP contribution in [0.5, 0.6) is 23.4 Å². The lowest BCUT2D eigenvalue weighted by Gasteiger charge is -2.08. The molecule has 0 saturated heterocycles. The minimum atomic E-state index is -4.48. The fourth-order valence-electron chi connectivity index (χ4n) is 8.00. The summed E-state index contributed by atoms with van der Waals surface area (Å²) in [4.78, 5) is 91.3. The SMILES string of the molecule is CCOc1cc(NCCNC(=O)/C=C/C(C)(F)F)ccn1.CCOc1cc(NCCNC(=O)/C=C/C(F)(F)F)ccn1.CCOc1ccnc(NCCNC(=O)/C=C/C(F)(F)Cl)c1.COc1cc(NCCNC(=O)/C=C/C(C)(F)F)ccn1.CSc1cc(NCCNC(=O)/C=C/C(C)(F)F)ccn1.Cc1ccnc(NCCNC(=O)/C=C/C(F)(F)Cl)c1. The molecule has 0 aromatic carbocycles. The van der Waals surface area contributed by atoms with Gasteiger partial charge in [-0.15, -0.1) is 11.8 Å². The van der Waals surface area contributed by atoms with Crippen LogP contribution in [0.15, 0.2) is 188 Å². The maximum absolute atomic E-state index is 12.5. The highest BCUT2D eigenvalue weighted by atomic mass is 35.5. The van der Waals surface area contributed by atoms with Gasteiger partial charge in [0, 0.05) is 238 Å². The lowest BCUT2D eigenvalue weighted by Crippen LogP contribution is -2.27. The molecule has 0 radical (unpaired) electrons. The van der Waals surface area contributed by atoms with Crippen molar-refractivity contribution in [2.24, 2.45) is 0 Å². The van der Waals surface area contributed by atoms with Gasteiger partial charge >= 0.3 is 16.9 Å². The average Bonchev–Trinajstić information content (AvgIpc) is 0.954. The molecule has 6 aromatic heterocycles. The lowest BCUT2D eigenvalue weighted by atomic mass is 10.3. The first-order valence-electron chi connectivity index (χ1n) is 36.7. The molecule has 0 aliphatic rings. The summed E-state index contributed by atoms with van der Waals surface area (Å²) >= 11 is 10.8. The minimum absolute atomic E-state index is 0.104. The van der Waals surface area contributed by atoms with Gasteiger partial charge in [-0.05, 0) is 129 Å². The van der Waals surface area contributed by atoms with Crippen LogP contribution in [0.3, 0.4) is 0 Å². The number of aryl methyl sites for hydroxylation is 1. The van der Waals surface area contributed by atoms with E-state index in [4.69, 9.17) is 18.9 Å². The van der Waals surface area contributed by atoms with Crippen LogP contribution in [0.4, 0.5) is 91.5 Å². The number of nitrogens with zero attached hydrogens (tertiary/aromatic N) is 6. The maximum atomic E-state index is 12.5. The average molecular weight is 1800 g/mol. The number of anilines is 6. The highest BCUT2D eigenvalue weighted by Crippen LogP contribution is 2.23. The van der Waals surface area contributed by atoms with E-state index in [2.05, 4.69) is 117 Å². The van der Waals surface area contributed by atoms with Crippen molar-refractivity contribution in [3.63, 3.8) is 0 Å². The monoisotopic (exact) mass is 1800 g/mol. The number of aromatic nitrogens is 6. The Morgan fingerprint density at radius 2 is 0.664 bits per heavy atom. The third-order valence-corrected chi connectivity index (χ3v) is 14.1. The van der Waals surface area contributed by atoms with Crippen LogP contribution < -0.4 is 82.7 Å². The van der Waals surface area contributed by atoms with Crippen molar-refractivity contribution in [2.45, 2.75) is 88.2 Å². The second-order valence-corrected chi connectivity index (χ2v) is 26.0. The van der Waals surface area contributed by atoms with E-state index in [1.54, 1.807) is 85.7 Å². The normalized spacial score (nSPS) is 11.5. The van der Waals surface area contributed by atoms with E-state index in [0.29, 0.717) is 162 Å². The fourth-order valence-corrected chi connectivity index (χ4v) is 8.54. The van der Waals surface area contributed by atoms with Gasteiger partial charge in [-0.3, -0.25) is 28.8 Å². The fraction of sp³-hybridized carbons (Fsp3) is 0.385. The molecule has 0 bridgehead atoms. The molecule has 28 nitrogen and oxygen atoms in total. The highest BCUT2D eigenvalue weighted by Gasteiger charge is 2.24. The molecular weight excluding hydrogens is 1700 g/mol. The number of carbonyl (C=O) groups excluding carboxylic acids is 6. The molecule has 0 atom stereocenters. The summed E-state index contributed by atoms with van der Waals surface area (Å²) in [5.41, 5.74) is 4.30. The van der Waals surface area contributed by atoms with Crippen LogP contribution >= 0.6 is 35.0 Å². The van der Waals surface area contributed by atoms with Gasteiger partial charge in [0.05, 0.1) is 32.0 Å². The van der Waals surface area contributed by atoms with Crippen LogP contribution in [-0.2, 0) is 28.8 Å². The third-order valence-electron chi connectivity index (χ3n) is 13.2. The third kappa shape index (κ3) is 64.2. The summed E-state index contributed by atoms with van der Waals surface area (Å²) in [6, 6.07) is 21.3. The van der Waals surface area contributed by atoms with E-state index in [1.165, 1.54) is 18.9 Å². The second kappa shape index (κ2) is 59.8. The minimum Gasteiger partial charge on any atom is -0.494 e. The van der Waals surface area contributed by atoms with Crippen LogP contribution in [0, 0.1) is 6.92 Å². The standard InChI is InChI=1S/C14H19F2N3O2.C13H16ClF2N3O2.C13H16F3N3O2.C13H17F2N3O2.C13H17F2N3OS.C12H14ClF2N3O/c1-3-21-13-10-11(5-7-19-13)17-8-9-18-12(20)4-6-14(2,15)16;1-2-21-10-4-6-17-11(9-10)18-7-8-19-12(20)3-5-13(14,15)16;1-2-21-12-9-10(4-6-19-12)17-7-8-18-11(20)3-5-13(14,15)16;2*1-13(14,15)5-3-11(19)17-8-7-16-10-4-6-18-12(9-10)20-2;1-9-3-5-16-10(8-9)17-6-7-18-11(19)2-4-12(13,14)15/h4-7,10H,3,8-9H2,1-2H3,(H,17,19)(H,18,20);3-6,9H,2,7-8H2,1H3,(H,17,18)(H,19,20);3-6,9H,2,7-8H2,1H3,(H,17,19)(H,18,20);2*3-6,9H,7-8H2,1-2H3,(H,16,18)(H,17,19);2-5,8H,6-7H2,1H3,(H,16,17)(H,18,19)/b6-4+;4*5-3+;4-2+. The number of halogens is 15. The number of pyridine rings is 6. The quantitative estimate of drug-likeness (QED) is 0.00556. The van der Waals surface area contributed by atoms with Gasteiger partial charge in [-0.2, -0.15) is 30.7 Å². The zero-order valence-corrected chi connectivity index (χ0v) is 70.1. The van der Waals surface area contributed by atoms with E-state index in [1.807, 2.05) is 58.2 Å². The van der Waals surface area contributed by atoms with Crippen LogP contribution in [0.2, 0.25) is 0 Å². The number of nitrogens with one attached hydrogen (secondary N) is 12. The van der Waals surface area contributed by atoms with Gasteiger partial charge in [0.15, 0.2) is 0 Å². The van der Waals surface area contributed by atoms with E-state index in [0.717, 1.165) is 72.3 Å². The van der Waals surface area contributed by atoms with E-state index >= 15 is 0 Å². The van der Waals surface area contributed by atoms with Gasteiger partial charge in [0.2, 0.25) is 53.1 Å². The molecule has 672 valence electrons. The maximum Gasteiger partial charge on any atom is 0.409 e. The molecule has 0 aliphatic heterocycles. The molecule has 12 N–H and O–H groups in total. The Labute approximate surface area is 711 Å². The highest BCUT2D eigenvalue weighted by molar-refractivity contribution is 7.98. The van der Waals surface area contributed by atoms with Gasteiger partial charge in [0.25, 0.3) is 17.8 Å². The summed E-state index contributed by atoms with van der Waals surface area (Å²) in [5.74, 6) is -9.21. The smallest absolute Gasteiger partial charge is 0.409 e. The number of ether oxygens (including phenoxy) is 4. The largest absolute Gasteiger partial charge is 0.494 e. The molecule has 6 rings (SSSR count). The van der Waals surface area contributed by atoms with Gasteiger partial charge in [-0.25, -0.2) is 56.2 Å². The first kappa shape index (κ1) is 108. The van der Waals surface area contributed by atoms with Crippen molar-refractivity contribution < 1.29 is 105 Å². The number of allylic oxidation sites excluding steroid dienone is 6. The number of alkyl halides is 15. The predicted octanol–water partition coefficient (Wildman–Crippen LogP) is 13.4. The summed E-state index contributed by atoms with van der Waals surface area (Å²) in [5, 5.41) is 26.7. The predicted molar refractivity (Wildman–Crippen MR) is 445 cm³/mol. The zero-order chi connectivity index (χ0) is 91.5. The van der Waals surface area contributed by atoms with Crippen LogP contribution in [0.1, 0.15) is 47.1 Å². The van der Waals surface area contributed by atoms with Gasteiger partial charge in [0.1, 0.15) is 17.4 Å². The van der Waals surface area contributed by atoms with Crippen molar-refractivity contribution in [3.8, 4) is 23.4 Å². The molecule has 6 aromatic rings. The Hall–Kier alpha value is -11.8. The lowest BCUT2D eigenvalue weighted by molar-refractivity contribution is -0.117. The topological polar surface area (TPSA) is 361 Å². The molecular formula is C78H99Cl2F13N18O10S. The number of methoxy groups -OCH3 is 1. The number of rotatable bonds is 43. The number of carbonyl (C=O) groups is 6. The molecule has 0 spiro atoms. The summed E-state index contributed by atoms with van der Waals surface area (Å²) in [6.45, 7) is 15.5. The van der Waals surface area contributed by atoms with Gasteiger partial charge in [-0.1, -0.05) is 0 Å². The zero-order valence-electron chi connectivity index (χ0n) is 67.8. The number of amides is 6. The molecule has 0 fully saturated rings. The molecule has 0 unspecified atom stereocenters. The second-order valence-electron chi connectivity index (χ2n) is 24.1. The molecule has 122 heavy (non-hydrogen) atoms. The van der Waals surface area contributed by atoms with Crippen LogP contribution in [0.25, 0.3) is 0 Å². The Bertz CT molecular complexity index is 3950. The Kier molecular flexibility index (Phi) is 53.0. The molecule has 0 saturated carbocycles. The van der Waals surface area contributed by atoms with Crippen molar-refractivity contribution in [1.82, 2.24) is 61.8 Å². The first-order chi connectivity index (χ1) is 57.4. The molecule has 6 heterocycles. The Morgan fingerprint density at radius 1 is 0.369 bits per heavy atom. The summed E-state index contributed by atoms with van der Waals surface area (Å²) < 4.78 is 180. The van der Waals surface area contributed by atoms with E-state index in [9.17, 15) is 85.8 Å².